The zero-order valence-electron chi connectivity index (χ0n) is 11.1. The van der Waals surface area contributed by atoms with Crippen LogP contribution in [0.15, 0.2) is 18.2 Å². The van der Waals surface area contributed by atoms with Gasteiger partial charge in [0.25, 0.3) is 0 Å². The Morgan fingerprint density at radius 2 is 1.61 bits per heavy atom. The number of hydrogen-bond donors (Lipinski definition) is 1. The summed E-state index contributed by atoms with van der Waals surface area (Å²) in [5.74, 6) is 1.22. The van der Waals surface area contributed by atoms with Gasteiger partial charge < -0.3 is 10.5 Å². The number of nitrogens with two attached hydrogens (primary N) is 1. The molecule has 1 heterocycles. The summed E-state index contributed by atoms with van der Waals surface area (Å²) in [6.07, 6.45) is 0. The third-order valence-corrected chi connectivity index (χ3v) is 2.83. The second-order valence-corrected chi connectivity index (χ2v) is 4.40. The minimum atomic E-state index is 0.302. The van der Waals surface area contributed by atoms with E-state index in [4.69, 9.17) is 10.5 Å². The summed E-state index contributed by atoms with van der Waals surface area (Å²) in [6.45, 7) is 5.95. The van der Waals surface area contributed by atoms with Crippen LogP contribution >= 0.6 is 0 Å². The molecule has 18 heavy (non-hydrogen) atoms. The smallest absolute Gasteiger partial charge is 0.220 e. The number of benzene rings is 1. The van der Waals surface area contributed by atoms with Gasteiger partial charge in [-0.05, 0) is 50.1 Å². The summed E-state index contributed by atoms with van der Waals surface area (Å²) in [6, 6.07) is 6.02. The average molecular weight is 243 g/mol. The number of anilines is 1. The SMILES string of the molecule is COc1c(C)cc(-c2cc(C)nc(N)n2)cc1C. The molecule has 0 aliphatic carbocycles. The highest BCUT2D eigenvalue weighted by molar-refractivity contribution is 5.65. The topological polar surface area (TPSA) is 61.0 Å². The van der Waals surface area contributed by atoms with Crippen LogP contribution in [0.5, 0.6) is 5.75 Å². The quantitative estimate of drug-likeness (QED) is 0.880. The maximum atomic E-state index is 5.68. The van der Waals surface area contributed by atoms with E-state index >= 15 is 0 Å². The molecule has 0 radical (unpaired) electrons. The van der Waals surface area contributed by atoms with Crippen LogP contribution in [-0.4, -0.2) is 17.1 Å². The Bertz CT molecular complexity index is 550. The number of nitrogens with zero attached hydrogens (tertiary/aromatic N) is 2. The van der Waals surface area contributed by atoms with E-state index in [2.05, 4.69) is 9.97 Å². The fourth-order valence-corrected chi connectivity index (χ4v) is 2.16. The van der Waals surface area contributed by atoms with E-state index in [1.54, 1.807) is 7.11 Å². The summed E-state index contributed by atoms with van der Waals surface area (Å²) in [7, 11) is 1.68. The molecule has 0 unspecified atom stereocenters. The first kappa shape index (κ1) is 12.4. The van der Waals surface area contributed by atoms with Gasteiger partial charge in [-0.1, -0.05) is 0 Å². The Hall–Kier alpha value is -2.10. The van der Waals surface area contributed by atoms with Crippen molar-refractivity contribution in [3.63, 3.8) is 0 Å². The summed E-state index contributed by atoms with van der Waals surface area (Å²) >= 11 is 0. The van der Waals surface area contributed by atoms with Gasteiger partial charge in [-0.25, -0.2) is 9.97 Å². The molecule has 0 amide bonds. The summed E-state index contributed by atoms with van der Waals surface area (Å²) in [5.41, 5.74) is 10.6. The van der Waals surface area contributed by atoms with Crippen LogP contribution in [0.2, 0.25) is 0 Å². The second kappa shape index (κ2) is 4.64. The van der Waals surface area contributed by atoms with E-state index in [1.165, 1.54) is 0 Å². The Morgan fingerprint density at radius 1 is 1.00 bits per heavy atom. The first-order valence-electron chi connectivity index (χ1n) is 5.78. The molecule has 0 fully saturated rings. The van der Waals surface area contributed by atoms with Crippen molar-refractivity contribution < 1.29 is 4.74 Å². The first-order chi connectivity index (χ1) is 8.51. The third kappa shape index (κ3) is 2.27. The lowest BCUT2D eigenvalue weighted by atomic mass is 10.0. The lowest BCUT2D eigenvalue weighted by molar-refractivity contribution is 0.408. The molecule has 0 saturated heterocycles. The van der Waals surface area contributed by atoms with Crippen LogP contribution in [0.3, 0.4) is 0 Å². The number of hydrogen-bond acceptors (Lipinski definition) is 4. The monoisotopic (exact) mass is 243 g/mol. The van der Waals surface area contributed by atoms with Gasteiger partial charge in [0.05, 0.1) is 12.8 Å². The number of rotatable bonds is 2. The summed E-state index contributed by atoms with van der Waals surface area (Å²) in [5, 5.41) is 0. The molecular formula is C14H17N3O. The highest BCUT2D eigenvalue weighted by Gasteiger charge is 2.08. The van der Waals surface area contributed by atoms with Crippen LogP contribution in [0, 0.1) is 20.8 Å². The molecule has 2 aromatic rings. The molecule has 0 aliphatic heterocycles. The molecule has 0 atom stereocenters. The zero-order chi connectivity index (χ0) is 13.3. The van der Waals surface area contributed by atoms with Crippen molar-refractivity contribution in [1.82, 2.24) is 9.97 Å². The number of nitrogen functional groups attached to an aromatic ring is 1. The van der Waals surface area contributed by atoms with E-state index in [0.717, 1.165) is 33.8 Å². The molecule has 0 saturated carbocycles. The van der Waals surface area contributed by atoms with E-state index in [-0.39, 0.29) is 0 Å². The standard InChI is InChI=1S/C14H17N3O/c1-8-5-11(6-9(2)13(8)18-4)12-7-10(3)16-14(15)17-12/h5-7H,1-4H3,(H2,15,16,17). The normalized spacial score (nSPS) is 10.4. The predicted molar refractivity (Wildman–Crippen MR) is 72.6 cm³/mol. The molecule has 4 heteroatoms. The Labute approximate surface area is 107 Å². The van der Waals surface area contributed by atoms with Crippen LogP contribution < -0.4 is 10.5 Å². The van der Waals surface area contributed by atoms with Crippen molar-refractivity contribution in [2.75, 3.05) is 12.8 Å². The zero-order valence-corrected chi connectivity index (χ0v) is 11.1. The Kier molecular flexibility index (Phi) is 3.19. The van der Waals surface area contributed by atoms with Crippen LogP contribution in [0.25, 0.3) is 11.3 Å². The number of ether oxygens (including phenoxy) is 1. The molecule has 0 aliphatic rings. The van der Waals surface area contributed by atoms with Gasteiger partial charge in [0.2, 0.25) is 5.95 Å². The van der Waals surface area contributed by atoms with Crippen molar-refractivity contribution >= 4 is 5.95 Å². The predicted octanol–water partition coefficient (Wildman–Crippen LogP) is 2.66. The summed E-state index contributed by atoms with van der Waals surface area (Å²) < 4.78 is 5.36. The van der Waals surface area contributed by atoms with Crippen molar-refractivity contribution in [2.24, 2.45) is 0 Å². The lowest BCUT2D eigenvalue weighted by Crippen LogP contribution is -1.99. The highest BCUT2D eigenvalue weighted by atomic mass is 16.5. The van der Waals surface area contributed by atoms with Crippen molar-refractivity contribution in [1.29, 1.82) is 0 Å². The average Bonchev–Trinajstić information content (AvgIpc) is 2.27. The maximum Gasteiger partial charge on any atom is 0.220 e. The van der Waals surface area contributed by atoms with Gasteiger partial charge in [-0.15, -0.1) is 0 Å². The molecule has 2 rings (SSSR count). The van der Waals surface area contributed by atoms with Gasteiger partial charge in [0.15, 0.2) is 0 Å². The van der Waals surface area contributed by atoms with Crippen molar-refractivity contribution in [3.05, 3.63) is 35.0 Å². The van der Waals surface area contributed by atoms with Gasteiger partial charge in [-0.3, -0.25) is 0 Å². The van der Waals surface area contributed by atoms with E-state index in [0.29, 0.717) is 5.95 Å². The molecule has 4 nitrogen and oxygen atoms in total. The van der Waals surface area contributed by atoms with Gasteiger partial charge in [0.1, 0.15) is 5.75 Å². The van der Waals surface area contributed by atoms with E-state index < -0.39 is 0 Å². The first-order valence-corrected chi connectivity index (χ1v) is 5.78. The summed E-state index contributed by atoms with van der Waals surface area (Å²) in [4.78, 5) is 8.35. The minimum Gasteiger partial charge on any atom is -0.496 e. The fourth-order valence-electron chi connectivity index (χ4n) is 2.16. The van der Waals surface area contributed by atoms with Crippen LogP contribution in [0.4, 0.5) is 5.95 Å². The Balaban J connectivity index is 2.58. The number of aromatic nitrogens is 2. The largest absolute Gasteiger partial charge is 0.496 e. The highest BCUT2D eigenvalue weighted by Crippen LogP contribution is 2.29. The van der Waals surface area contributed by atoms with Crippen LogP contribution in [0.1, 0.15) is 16.8 Å². The minimum absolute atomic E-state index is 0.302. The third-order valence-electron chi connectivity index (χ3n) is 2.83. The molecule has 0 spiro atoms. The molecule has 94 valence electrons. The number of methoxy groups -OCH3 is 1. The van der Waals surface area contributed by atoms with Crippen molar-refractivity contribution in [2.45, 2.75) is 20.8 Å². The molecule has 1 aromatic heterocycles. The van der Waals surface area contributed by atoms with Gasteiger partial charge in [0, 0.05) is 11.3 Å². The van der Waals surface area contributed by atoms with Gasteiger partial charge >= 0.3 is 0 Å². The maximum absolute atomic E-state index is 5.68. The van der Waals surface area contributed by atoms with Crippen molar-refractivity contribution in [3.8, 4) is 17.0 Å². The molecule has 2 N–H and O–H groups in total. The lowest BCUT2D eigenvalue weighted by Gasteiger charge is -2.11. The fraction of sp³-hybridized carbons (Fsp3) is 0.286. The number of aryl methyl sites for hydroxylation is 3. The van der Waals surface area contributed by atoms with E-state index in [9.17, 15) is 0 Å². The Morgan fingerprint density at radius 3 is 2.11 bits per heavy atom. The second-order valence-electron chi connectivity index (χ2n) is 4.40. The van der Waals surface area contributed by atoms with Crippen LogP contribution in [-0.2, 0) is 0 Å². The molecular weight excluding hydrogens is 226 g/mol. The molecule has 0 bridgehead atoms. The molecule has 1 aromatic carbocycles. The van der Waals surface area contributed by atoms with E-state index in [1.807, 2.05) is 39.0 Å². The van der Waals surface area contributed by atoms with Gasteiger partial charge in [-0.2, -0.15) is 0 Å².